The molecule has 0 radical (unpaired) electrons. The number of aromatic nitrogens is 2. The van der Waals surface area contributed by atoms with E-state index in [1.807, 2.05) is 20.8 Å². The lowest BCUT2D eigenvalue weighted by atomic mass is 10.0. The van der Waals surface area contributed by atoms with Gasteiger partial charge in [-0.2, -0.15) is 4.98 Å². The summed E-state index contributed by atoms with van der Waals surface area (Å²) in [6.45, 7) is 7.10. The molecule has 0 saturated carbocycles. The summed E-state index contributed by atoms with van der Waals surface area (Å²) < 4.78 is 10.7. The summed E-state index contributed by atoms with van der Waals surface area (Å²) in [5.41, 5.74) is 4.96. The molecule has 2 N–H and O–H groups in total. The zero-order valence-electron chi connectivity index (χ0n) is 9.62. The van der Waals surface area contributed by atoms with Crippen LogP contribution in [0, 0.1) is 0 Å². The van der Waals surface area contributed by atoms with Crippen molar-refractivity contribution in [1.29, 1.82) is 0 Å². The number of hydrogen-bond donors (Lipinski definition) is 1. The monoisotopic (exact) mass is 213 g/mol. The molecule has 1 aromatic rings. The molecule has 86 valence electrons. The smallest absolute Gasteiger partial charge is 0.228 e. The van der Waals surface area contributed by atoms with Gasteiger partial charge in [0.15, 0.2) is 0 Å². The van der Waals surface area contributed by atoms with Gasteiger partial charge in [0.25, 0.3) is 0 Å². The van der Waals surface area contributed by atoms with Crippen molar-refractivity contribution >= 4 is 0 Å². The first-order chi connectivity index (χ1) is 7.16. The van der Waals surface area contributed by atoms with E-state index < -0.39 is 5.60 Å². The summed E-state index contributed by atoms with van der Waals surface area (Å²) in [5, 5.41) is 3.93. The molecular weight excluding hydrogens is 194 g/mol. The SMILES string of the molecule is CCOC(C)(CC)c1noc(CCN)n1. The van der Waals surface area contributed by atoms with Crippen molar-refractivity contribution in [2.45, 2.75) is 39.2 Å². The number of hydrogen-bond acceptors (Lipinski definition) is 5. The minimum atomic E-state index is -0.453. The van der Waals surface area contributed by atoms with Crippen LogP contribution in [0.1, 0.15) is 38.9 Å². The first kappa shape index (κ1) is 12.1. The maximum atomic E-state index is 5.64. The molecule has 1 atom stereocenters. The zero-order chi connectivity index (χ0) is 11.3. The first-order valence-electron chi connectivity index (χ1n) is 5.33. The first-order valence-corrected chi connectivity index (χ1v) is 5.33. The summed E-state index contributed by atoms with van der Waals surface area (Å²) in [5.74, 6) is 1.18. The van der Waals surface area contributed by atoms with Crippen LogP contribution in [0.2, 0.25) is 0 Å². The number of nitrogens with zero attached hydrogens (tertiary/aromatic N) is 2. The quantitative estimate of drug-likeness (QED) is 0.769. The van der Waals surface area contributed by atoms with E-state index in [4.69, 9.17) is 15.0 Å². The van der Waals surface area contributed by atoms with Crippen molar-refractivity contribution in [3.05, 3.63) is 11.7 Å². The van der Waals surface area contributed by atoms with Crippen molar-refractivity contribution in [3.8, 4) is 0 Å². The van der Waals surface area contributed by atoms with Gasteiger partial charge in [-0.25, -0.2) is 0 Å². The average molecular weight is 213 g/mol. The predicted octanol–water partition coefficient (Wildman–Crippen LogP) is 1.23. The van der Waals surface area contributed by atoms with E-state index in [-0.39, 0.29) is 0 Å². The minimum absolute atomic E-state index is 0.453. The second-order valence-electron chi connectivity index (χ2n) is 3.57. The lowest BCUT2D eigenvalue weighted by Gasteiger charge is -2.23. The Balaban J connectivity index is 2.82. The summed E-state index contributed by atoms with van der Waals surface area (Å²) in [7, 11) is 0. The van der Waals surface area contributed by atoms with Gasteiger partial charge in [-0.15, -0.1) is 0 Å². The minimum Gasteiger partial charge on any atom is -0.367 e. The maximum absolute atomic E-state index is 5.64. The molecule has 0 aliphatic rings. The highest BCUT2D eigenvalue weighted by molar-refractivity contribution is 4.99. The second-order valence-corrected chi connectivity index (χ2v) is 3.57. The van der Waals surface area contributed by atoms with Gasteiger partial charge in [-0.05, 0) is 20.3 Å². The van der Waals surface area contributed by atoms with E-state index >= 15 is 0 Å². The Labute approximate surface area is 90.0 Å². The molecule has 5 nitrogen and oxygen atoms in total. The Kier molecular flexibility index (Phi) is 4.23. The molecule has 0 saturated heterocycles. The summed E-state index contributed by atoms with van der Waals surface area (Å²) in [6.07, 6.45) is 1.42. The number of ether oxygens (including phenoxy) is 1. The van der Waals surface area contributed by atoms with Gasteiger partial charge < -0.3 is 15.0 Å². The van der Waals surface area contributed by atoms with E-state index in [1.54, 1.807) is 0 Å². The Hall–Kier alpha value is -0.940. The van der Waals surface area contributed by atoms with Gasteiger partial charge in [0.1, 0.15) is 5.60 Å². The molecule has 1 heterocycles. The van der Waals surface area contributed by atoms with E-state index in [2.05, 4.69) is 10.1 Å². The zero-order valence-corrected chi connectivity index (χ0v) is 9.62. The van der Waals surface area contributed by atoms with Crippen LogP contribution in [0.15, 0.2) is 4.52 Å². The van der Waals surface area contributed by atoms with Crippen molar-refractivity contribution in [2.75, 3.05) is 13.2 Å². The third-order valence-corrected chi connectivity index (χ3v) is 2.44. The highest BCUT2D eigenvalue weighted by Gasteiger charge is 2.30. The van der Waals surface area contributed by atoms with Crippen LogP contribution in [0.3, 0.4) is 0 Å². The normalized spacial score (nSPS) is 15.2. The molecule has 0 aromatic carbocycles. The van der Waals surface area contributed by atoms with Crippen LogP contribution in [0.25, 0.3) is 0 Å². The Morgan fingerprint density at radius 2 is 2.20 bits per heavy atom. The topological polar surface area (TPSA) is 74.2 Å². The van der Waals surface area contributed by atoms with Crippen LogP contribution < -0.4 is 5.73 Å². The molecule has 5 heteroatoms. The molecule has 0 bridgehead atoms. The standard InChI is InChI=1S/C10H19N3O2/c1-4-10(3,14-5-2)9-12-8(6-7-11)15-13-9/h4-7,11H2,1-3H3. The fourth-order valence-electron chi connectivity index (χ4n) is 1.34. The maximum Gasteiger partial charge on any atom is 0.228 e. The molecule has 0 amide bonds. The molecule has 1 aromatic heterocycles. The van der Waals surface area contributed by atoms with Crippen molar-refractivity contribution < 1.29 is 9.26 Å². The molecule has 0 aliphatic carbocycles. The molecular formula is C10H19N3O2. The van der Waals surface area contributed by atoms with Gasteiger partial charge in [-0.1, -0.05) is 12.1 Å². The van der Waals surface area contributed by atoms with Gasteiger partial charge >= 0.3 is 0 Å². The highest BCUT2D eigenvalue weighted by atomic mass is 16.5. The van der Waals surface area contributed by atoms with Gasteiger partial charge in [0, 0.05) is 19.6 Å². The van der Waals surface area contributed by atoms with Crippen LogP contribution in [0.4, 0.5) is 0 Å². The third kappa shape index (κ3) is 2.76. The van der Waals surface area contributed by atoms with Gasteiger partial charge in [0.05, 0.1) is 0 Å². The van der Waals surface area contributed by atoms with E-state index in [0.717, 1.165) is 6.42 Å². The number of rotatable bonds is 6. The third-order valence-electron chi connectivity index (χ3n) is 2.44. The van der Waals surface area contributed by atoms with Crippen LogP contribution in [-0.4, -0.2) is 23.3 Å². The van der Waals surface area contributed by atoms with E-state index in [9.17, 15) is 0 Å². The average Bonchev–Trinajstić information content (AvgIpc) is 2.68. The fourth-order valence-corrected chi connectivity index (χ4v) is 1.34. The lowest BCUT2D eigenvalue weighted by Crippen LogP contribution is -2.26. The van der Waals surface area contributed by atoms with Crippen LogP contribution >= 0.6 is 0 Å². The van der Waals surface area contributed by atoms with Crippen LogP contribution in [-0.2, 0) is 16.8 Å². The molecule has 0 spiro atoms. The summed E-state index contributed by atoms with van der Waals surface area (Å²) in [6, 6.07) is 0. The van der Waals surface area contributed by atoms with Gasteiger partial charge in [0.2, 0.25) is 11.7 Å². The molecule has 0 aliphatic heterocycles. The lowest BCUT2D eigenvalue weighted by molar-refractivity contribution is -0.0403. The van der Waals surface area contributed by atoms with E-state index in [0.29, 0.717) is 31.3 Å². The van der Waals surface area contributed by atoms with E-state index in [1.165, 1.54) is 0 Å². The van der Waals surface area contributed by atoms with Crippen molar-refractivity contribution in [3.63, 3.8) is 0 Å². The highest BCUT2D eigenvalue weighted by Crippen LogP contribution is 2.26. The molecule has 1 unspecified atom stereocenters. The van der Waals surface area contributed by atoms with Crippen molar-refractivity contribution in [1.82, 2.24) is 10.1 Å². The molecule has 15 heavy (non-hydrogen) atoms. The molecule has 0 fully saturated rings. The van der Waals surface area contributed by atoms with Crippen LogP contribution in [0.5, 0.6) is 0 Å². The Morgan fingerprint density at radius 1 is 1.47 bits per heavy atom. The van der Waals surface area contributed by atoms with Crippen molar-refractivity contribution in [2.24, 2.45) is 5.73 Å². The predicted molar refractivity (Wildman–Crippen MR) is 56.3 cm³/mol. The largest absolute Gasteiger partial charge is 0.367 e. The second kappa shape index (κ2) is 5.23. The fraction of sp³-hybridized carbons (Fsp3) is 0.800. The number of nitrogens with two attached hydrogens (primary N) is 1. The Morgan fingerprint density at radius 3 is 2.73 bits per heavy atom. The van der Waals surface area contributed by atoms with Gasteiger partial charge in [-0.3, -0.25) is 0 Å². The summed E-state index contributed by atoms with van der Waals surface area (Å²) in [4.78, 5) is 4.28. The molecule has 1 rings (SSSR count). The summed E-state index contributed by atoms with van der Waals surface area (Å²) >= 11 is 0. The Bertz CT molecular complexity index is 301.